The van der Waals surface area contributed by atoms with E-state index in [1.54, 1.807) is 0 Å². The largest absolute Gasteiger partial charge is 0.378 e. The van der Waals surface area contributed by atoms with Crippen molar-refractivity contribution in [3.8, 4) is 0 Å². The van der Waals surface area contributed by atoms with E-state index in [9.17, 15) is 4.79 Å². The fraction of sp³-hybridized carbons (Fsp3) is 0.650. The molecular weight excluding hydrogens is 366 g/mol. The van der Waals surface area contributed by atoms with Crippen LogP contribution in [0.25, 0.3) is 0 Å². The summed E-state index contributed by atoms with van der Waals surface area (Å²) >= 11 is 6.38. The van der Waals surface area contributed by atoms with Crippen molar-refractivity contribution in [2.75, 3.05) is 46.0 Å². The van der Waals surface area contributed by atoms with Crippen molar-refractivity contribution < 1.29 is 14.3 Å². The van der Waals surface area contributed by atoms with Crippen molar-refractivity contribution in [3.63, 3.8) is 0 Å². The second kappa shape index (κ2) is 7.59. The number of benzene rings is 1. The number of halogens is 1. The van der Waals surface area contributed by atoms with E-state index in [1.165, 1.54) is 11.1 Å². The van der Waals surface area contributed by atoms with Gasteiger partial charge in [0.1, 0.15) is 0 Å². The summed E-state index contributed by atoms with van der Waals surface area (Å²) < 4.78 is 11.4. The number of hydrogen-bond acceptors (Lipinski definition) is 4. The number of carbonyl (C=O) groups is 1. The Morgan fingerprint density at radius 1 is 1.26 bits per heavy atom. The second-order valence-electron chi connectivity index (χ2n) is 8.20. The lowest BCUT2D eigenvalue weighted by atomic mass is 9.91. The number of ether oxygens (including phenoxy) is 2. The highest BCUT2D eigenvalue weighted by atomic mass is 35.5. The molecule has 7 heteroatoms. The van der Waals surface area contributed by atoms with E-state index < -0.39 is 0 Å². The number of hydrogen-bond donors (Lipinski definition) is 1. The molecule has 2 saturated heterocycles. The zero-order valence-electron chi connectivity index (χ0n) is 16.1. The van der Waals surface area contributed by atoms with Crippen LogP contribution in [0.15, 0.2) is 12.1 Å². The lowest BCUT2D eigenvalue weighted by Crippen LogP contribution is -2.55. The van der Waals surface area contributed by atoms with Gasteiger partial charge in [-0.05, 0) is 49.1 Å². The molecule has 0 unspecified atom stereocenters. The second-order valence-corrected chi connectivity index (χ2v) is 8.63. The van der Waals surface area contributed by atoms with E-state index in [4.69, 9.17) is 21.1 Å². The highest BCUT2D eigenvalue weighted by Gasteiger charge is 2.34. The van der Waals surface area contributed by atoms with E-state index in [2.05, 4.69) is 5.32 Å². The van der Waals surface area contributed by atoms with Gasteiger partial charge in [-0.2, -0.15) is 0 Å². The summed E-state index contributed by atoms with van der Waals surface area (Å²) in [5.41, 5.74) is 3.34. The van der Waals surface area contributed by atoms with Crippen LogP contribution in [0.4, 0.5) is 4.79 Å². The van der Waals surface area contributed by atoms with Gasteiger partial charge in [0, 0.05) is 31.2 Å². The number of rotatable bonds is 1. The summed E-state index contributed by atoms with van der Waals surface area (Å²) in [6, 6.07) is 4.30. The minimum absolute atomic E-state index is 0.103. The molecular formula is C20H28ClN3O3. The molecule has 1 aromatic rings. The zero-order valence-corrected chi connectivity index (χ0v) is 16.8. The maximum atomic E-state index is 13.1. The van der Waals surface area contributed by atoms with Crippen LogP contribution in [-0.4, -0.2) is 67.4 Å². The molecule has 2 fully saturated rings. The minimum atomic E-state index is -0.288. The minimum Gasteiger partial charge on any atom is -0.378 e. The van der Waals surface area contributed by atoms with Gasteiger partial charge in [0.15, 0.2) is 0 Å². The third-order valence-electron chi connectivity index (χ3n) is 5.61. The fourth-order valence-electron chi connectivity index (χ4n) is 4.28. The van der Waals surface area contributed by atoms with Gasteiger partial charge in [0.25, 0.3) is 0 Å². The van der Waals surface area contributed by atoms with Crippen LogP contribution in [0.1, 0.15) is 36.6 Å². The third kappa shape index (κ3) is 4.09. The number of urea groups is 1. The third-order valence-corrected chi connectivity index (χ3v) is 5.82. The van der Waals surface area contributed by atoms with Crippen molar-refractivity contribution in [2.24, 2.45) is 0 Å². The van der Waals surface area contributed by atoms with Crippen molar-refractivity contribution in [3.05, 3.63) is 33.8 Å². The molecule has 0 aliphatic carbocycles. The van der Waals surface area contributed by atoms with Crippen molar-refractivity contribution in [1.29, 1.82) is 0 Å². The fourth-order valence-corrected chi connectivity index (χ4v) is 4.53. The van der Waals surface area contributed by atoms with Crippen LogP contribution in [0, 0.1) is 0 Å². The van der Waals surface area contributed by atoms with E-state index in [1.807, 2.05) is 35.8 Å². The molecule has 0 bridgehead atoms. The highest BCUT2D eigenvalue weighted by Crippen LogP contribution is 2.32. The summed E-state index contributed by atoms with van der Waals surface area (Å²) in [6.07, 6.45) is 0.829. The Hall–Kier alpha value is -1.34. The Bertz CT molecular complexity index is 719. The Kier molecular flexibility index (Phi) is 5.34. The molecule has 148 valence electrons. The number of nitrogens with one attached hydrogen (secondary N) is 1. The molecule has 0 saturated carbocycles. The summed E-state index contributed by atoms with van der Waals surface area (Å²) in [4.78, 5) is 17.0. The molecule has 3 aliphatic rings. The predicted molar refractivity (Wildman–Crippen MR) is 104 cm³/mol. The van der Waals surface area contributed by atoms with E-state index in [-0.39, 0.29) is 17.7 Å². The number of nitrogens with zero attached hydrogens (tertiary/aromatic N) is 2. The molecule has 0 spiro atoms. The van der Waals surface area contributed by atoms with Crippen molar-refractivity contribution in [2.45, 2.75) is 38.5 Å². The van der Waals surface area contributed by atoms with Crippen LogP contribution >= 0.6 is 11.6 Å². The summed E-state index contributed by atoms with van der Waals surface area (Å²) in [5.74, 6) is 0. The molecule has 4 rings (SSSR count). The average Bonchev–Trinajstić information content (AvgIpc) is 2.66. The maximum absolute atomic E-state index is 13.1. The first kappa shape index (κ1) is 19.0. The number of morpholine rings is 2. The Balaban J connectivity index is 1.56. The van der Waals surface area contributed by atoms with Gasteiger partial charge in [-0.15, -0.1) is 0 Å². The Labute approximate surface area is 165 Å². The van der Waals surface area contributed by atoms with Gasteiger partial charge >= 0.3 is 6.03 Å². The lowest BCUT2D eigenvalue weighted by molar-refractivity contribution is -0.0767. The average molecular weight is 394 g/mol. The van der Waals surface area contributed by atoms with Gasteiger partial charge < -0.3 is 24.6 Å². The highest BCUT2D eigenvalue weighted by molar-refractivity contribution is 6.30. The van der Waals surface area contributed by atoms with Gasteiger partial charge in [0.2, 0.25) is 0 Å². The van der Waals surface area contributed by atoms with Crippen LogP contribution in [0.3, 0.4) is 0 Å². The van der Waals surface area contributed by atoms with Crippen molar-refractivity contribution in [1.82, 2.24) is 15.1 Å². The van der Waals surface area contributed by atoms with Gasteiger partial charge in [0.05, 0.1) is 38.0 Å². The van der Waals surface area contributed by atoms with Gasteiger partial charge in [-0.3, -0.25) is 0 Å². The topological polar surface area (TPSA) is 54.0 Å². The lowest BCUT2D eigenvalue weighted by Gasteiger charge is -2.41. The monoisotopic (exact) mass is 393 g/mol. The molecule has 3 heterocycles. The number of carbonyl (C=O) groups excluding carboxylic acids is 1. The van der Waals surface area contributed by atoms with Gasteiger partial charge in [-0.25, -0.2) is 4.79 Å². The van der Waals surface area contributed by atoms with E-state index >= 15 is 0 Å². The van der Waals surface area contributed by atoms with E-state index in [0.717, 1.165) is 36.7 Å². The van der Waals surface area contributed by atoms with Crippen LogP contribution in [-0.2, 0) is 22.4 Å². The van der Waals surface area contributed by atoms with Gasteiger partial charge in [-0.1, -0.05) is 11.6 Å². The molecule has 1 atom stereocenters. The normalized spacial score (nSPS) is 25.2. The summed E-state index contributed by atoms with van der Waals surface area (Å²) in [7, 11) is 0. The smallest absolute Gasteiger partial charge is 0.320 e. The van der Waals surface area contributed by atoms with Crippen LogP contribution in [0.5, 0.6) is 0 Å². The summed E-state index contributed by atoms with van der Waals surface area (Å²) in [5, 5.41) is 4.27. The van der Waals surface area contributed by atoms with E-state index in [0.29, 0.717) is 32.8 Å². The first-order chi connectivity index (χ1) is 12.9. The Morgan fingerprint density at radius 2 is 2.11 bits per heavy atom. The number of fused-ring (bicyclic) bond motifs is 1. The molecule has 2 amide bonds. The molecule has 0 radical (unpaired) electrons. The molecule has 3 aliphatic heterocycles. The maximum Gasteiger partial charge on any atom is 0.320 e. The molecule has 1 N–H and O–H groups in total. The van der Waals surface area contributed by atoms with Crippen molar-refractivity contribution >= 4 is 17.6 Å². The number of amides is 2. The predicted octanol–water partition coefficient (Wildman–Crippen LogP) is 2.59. The first-order valence-electron chi connectivity index (χ1n) is 9.73. The zero-order chi connectivity index (χ0) is 19.0. The SMILES string of the molecule is CC1(C)CN(C(=O)N2CCc3cc(Cl)cc([C@@H]4COCCN4)c3C2)CCO1. The molecule has 6 nitrogen and oxygen atoms in total. The molecule has 27 heavy (non-hydrogen) atoms. The quantitative estimate of drug-likeness (QED) is 0.796. The summed E-state index contributed by atoms with van der Waals surface area (Å²) in [6.45, 7) is 9.48. The molecule has 1 aromatic carbocycles. The Morgan fingerprint density at radius 3 is 2.85 bits per heavy atom. The van der Waals surface area contributed by atoms with Crippen LogP contribution < -0.4 is 5.32 Å². The molecule has 0 aromatic heterocycles. The van der Waals surface area contributed by atoms with Crippen LogP contribution in [0.2, 0.25) is 5.02 Å². The standard InChI is InChI=1S/C20H28ClN3O3/c1-20(2)13-24(6-8-27-20)19(25)23-5-3-14-9-15(21)10-16(17(14)11-23)18-12-26-7-4-22-18/h9-10,18,22H,3-8,11-13H2,1-2H3/t18-/m0/s1. The first-order valence-corrected chi connectivity index (χ1v) is 10.1.